The highest BCUT2D eigenvalue weighted by atomic mass is 16.2. The fourth-order valence-corrected chi connectivity index (χ4v) is 3.43. The number of carbonyl (C=O) groups is 1. The molecule has 0 atom stereocenters. The van der Waals surface area contributed by atoms with Crippen LogP contribution < -0.4 is 4.90 Å². The third-order valence-electron chi connectivity index (χ3n) is 4.92. The van der Waals surface area contributed by atoms with Gasteiger partial charge in [0.05, 0.1) is 0 Å². The van der Waals surface area contributed by atoms with Gasteiger partial charge in [0.2, 0.25) is 0 Å². The van der Waals surface area contributed by atoms with Crippen molar-refractivity contribution in [3.05, 3.63) is 102 Å². The highest BCUT2D eigenvalue weighted by molar-refractivity contribution is 5.95. The fourth-order valence-electron chi connectivity index (χ4n) is 3.43. The fraction of sp³-hybridized carbons (Fsp3) is 0.240. The van der Waals surface area contributed by atoms with E-state index < -0.39 is 0 Å². The molecule has 3 nitrogen and oxygen atoms in total. The van der Waals surface area contributed by atoms with Crippen LogP contribution in [0, 0.1) is 0 Å². The Bertz CT molecular complexity index is 879. The standard InChI is InChI=1S/C25H28N2O/c1-4-23(12-8-9-20(2)3)26-17-18-27(25(26)28)24-15-13-22(14-16-24)19-21-10-6-5-7-11-21/h4-11,13-16H,2,12,17-19H2,1,3H3/b9-8-,23-4+. The molecule has 1 heterocycles. The second kappa shape index (κ2) is 9.23. The van der Waals surface area contributed by atoms with Crippen molar-refractivity contribution in [2.24, 2.45) is 0 Å². The van der Waals surface area contributed by atoms with E-state index >= 15 is 0 Å². The summed E-state index contributed by atoms with van der Waals surface area (Å²) >= 11 is 0. The normalized spacial score (nSPS) is 14.9. The maximum absolute atomic E-state index is 12.9. The number of amides is 2. The summed E-state index contributed by atoms with van der Waals surface area (Å²) in [5.74, 6) is 0. The Morgan fingerprint density at radius 1 is 1.04 bits per heavy atom. The van der Waals surface area contributed by atoms with Crippen molar-refractivity contribution >= 4 is 11.7 Å². The summed E-state index contributed by atoms with van der Waals surface area (Å²) in [5, 5.41) is 0. The van der Waals surface area contributed by atoms with Gasteiger partial charge in [-0.1, -0.05) is 72.8 Å². The third kappa shape index (κ3) is 4.80. The predicted octanol–water partition coefficient (Wildman–Crippen LogP) is 5.95. The van der Waals surface area contributed by atoms with Gasteiger partial charge in [0.15, 0.2) is 0 Å². The molecule has 0 unspecified atom stereocenters. The largest absolute Gasteiger partial charge is 0.328 e. The summed E-state index contributed by atoms with van der Waals surface area (Å²) in [6, 6.07) is 18.8. The molecule has 1 aliphatic heterocycles. The number of benzene rings is 2. The number of hydrogen-bond donors (Lipinski definition) is 0. The zero-order valence-electron chi connectivity index (χ0n) is 16.8. The van der Waals surface area contributed by atoms with E-state index in [1.807, 2.05) is 41.9 Å². The van der Waals surface area contributed by atoms with Gasteiger partial charge in [-0.15, -0.1) is 0 Å². The number of urea groups is 1. The number of hydrogen-bond acceptors (Lipinski definition) is 1. The summed E-state index contributed by atoms with van der Waals surface area (Å²) in [6.45, 7) is 9.25. The van der Waals surface area contributed by atoms with Gasteiger partial charge in [-0.2, -0.15) is 0 Å². The van der Waals surface area contributed by atoms with Gasteiger partial charge in [-0.05, 0) is 43.5 Å². The van der Waals surface area contributed by atoms with Crippen LogP contribution in [0.3, 0.4) is 0 Å². The van der Waals surface area contributed by atoms with Crippen LogP contribution in [0.2, 0.25) is 0 Å². The van der Waals surface area contributed by atoms with Gasteiger partial charge in [0.1, 0.15) is 0 Å². The summed E-state index contributed by atoms with van der Waals surface area (Å²) in [6.07, 6.45) is 7.71. The molecular weight excluding hydrogens is 344 g/mol. The summed E-state index contributed by atoms with van der Waals surface area (Å²) in [7, 11) is 0. The Balaban J connectivity index is 1.66. The van der Waals surface area contributed by atoms with Crippen LogP contribution in [0.1, 0.15) is 31.4 Å². The van der Waals surface area contributed by atoms with E-state index in [-0.39, 0.29) is 6.03 Å². The zero-order valence-corrected chi connectivity index (χ0v) is 16.8. The number of nitrogens with zero attached hydrogens (tertiary/aromatic N) is 2. The minimum Gasteiger partial charge on any atom is -0.296 e. The molecule has 0 spiro atoms. The van der Waals surface area contributed by atoms with Crippen LogP contribution in [-0.4, -0.2) is 24.0 Å². The number of carbonyl (C=O) groups excluding carboxylic acids is 1. The number of anilines is 1. The van der Waals surface area contributed by atoms with Crippen molar-refractivity contribution in [3.63, 3.8) is 0 Å². The molecule has 0 bridgehead atoms. The van der Waals surface area contributed by atoms with Crippen LogP contribution in [0.15, 0.2) is 90.7 Å². The van der Waals surface area contributed by atoms with Crippen molar-refractivity contribution in [1.29, 1.82) is 0 Å². The number of rotatable bonds is 7. The molecule has 1 saturated heterocycles. The smallest absolute Gasteiger partial charge is 0.296 e. The van der Waals surface area contributed by atoms with Crippen molar-refractivity contribution in [2.45, 2.75) is 26.7 Å². The quantitative estimate of drug-likeness (QED) is 0.551. The van der Waals surface area contributed by atoms with Gasteiger partial charge < -0.3 is 0 Å². The topological polar surface area (TPSA) is 23.6 Å². The SMILES string of the molecule is C=C(C)/C=C\C/C(=C\C)N1CCN(c2ccc(Cc3ccccc3)cc2)C1=O. The second-order valence-corrected chi connectivity index (χ2v) is 7.15. The average molecular weight is 373 g/mol. The van der Waals surface area contributed by atoms with Crippen molar-refractivity contribution in [1.82, 2.24) is 4.90 Å². The van der Waals surface area contributed by atoms with E-state index in [9.17, 15) is 4.79 Å². The van der Waals surface area contributed by atoms with Gasteiger partial charge in [-0.3, -0.25) is 9.80 Å². The van der Waals surface area contributed by atoms with Crippen LogP contribution in [0.4, 0.5) is 10.5 Å². The Kier molecular flexibility index (Phi) is 6.49. The Morgan fingerprint density at radius 3 is 2.36 bits per heavy atom. The van der Waals surface area contributed by atoms with Crippen LogP contribution >= 0.6 is 0 Å². The Morgan fingerprint density at radius 2 is 1.71 bits per heavy atom. The van der Waals surface area contributed by atoms with E-state index in [1.165, 1.54) is 11.1 Å². The lowest BCUT2D eigenvalue weighted by atomic mass is 10.0. The Hall–Kier alpha value is -3.07. The van der Waals surface area contributed by atoms with E-state index in [0.29, 0.717) is 13.1 Å². The van der Waals surface area contributed by atoms with Gasteiger partial charge in [-0.25, -0.2) is 4.79 Å². The van der Waals surface area contributed by atoms with Crippen molar-refractivity contribution < 1.29 is 4.79 Å². The molecule has 1 aliphatic rings. The minimum atomic E-state index is 0.0487. The van der Waals surface area contributed by atoms with Crippen molar-refractivity contribution in [2.75, 3.05) is 18.0 Å². The molecule has 0 N–H and O–H groups in total. The Labute approximate surface area is 168 Å². The summed E-state index contributed by atoms with van der Waals surface area (Å²) in [5.41, 5.74) is 5.54. The van der Waals surface area contributed by atoms with Gasteiger partial charge in [0.25, 0.3) is 0 Å². The van der Waals surface area contributed by atoms with E-state index in [0.717, 1.165) is 29.8 Å². The molecule has 144 valence electrons. The van der Waals surface area contributed by atoms with E-state index in [2.05, 4.69) is 61.2 Å². The lowest BCUT2D eigenvalue weighted by Gasteiger charge is -2.21. The summed E-state index contributed by atoms with van der Waals surface area (Å²) in [4.78, 5) is 16.7. The van der Waals surface area contributed by atoms with Crippen LogP contribution in [0.5, 0.6) is 0 Å². The maximum atomic E-state index is 12.9. The van der Waals surface area contributed by atoms with E-state index in [1.54, 1.807) is 0 Å². The average Bonchev–Trinajstić information content (AvgIpc) is 3.08. The number of allylic oxidation sites excluding steroid dienone is 4. The highest BCUT2D eigenvalue weighted by Crippen LogP contribution is 2.25. The third-order valence-corrected chi connectivity index (χ3v) is 4.92. The molecule has 2 aromatic rings. The molecule has 28 heavy (non-hydrogen) atoms. The molecular formula is C25H28N2O. The second-order valence-electron chi connectivity index (χ2n) is 7.15. The molecule has 0 radical (unpaired) electrons. The highest BCUT2D eigenvalue weighted by Gasteiger charge is 2.31. The van der Waals surface area contributed by atoms with Crippen LogP contribution in [0.25, 0.3) is 0 Å². The molecule has 1 fully saturated rings. The van der Waals surface area contributed by atoms with Gasteiger partial charge >= 0.3 is 6.03 Å². The van der Waals surface area contributed by atoms with Gasteiger partial charge in [0, 0.05) is 30.9 Å². The molecule has 3 rings (SSSR count). The zero-order chi connectivity index (χ0) is 19.9. The molecule has 0 aliphatic carbocycles. The monoisotopic (exact) mass is 372 g/mol. The predicted molar refractivity (Wildman–Crippen MR) is 117 cm³/mol. The first kappa shape index (κ1) is 19.7. The first-order chi connectivity index (χ1) is 13.6. The van der Waals surface area contributed by atoms with E-state index in [4.69, 9.17) is 0 Å². The molecule has 2 amide bonds. The molecule has 0 saturated carbocycles. The lowest BCUT2D eigenvalue weighted by Crippen LogP contribution is -2.31. The lowest BCUT2D eigenvalue weighted by molar-refractivity contribution is 0.230. The summed E-state index contributed by atoms with van der Waals surface area (Å²) < 4.78 is 0. The van der Waals surface area contributed by atoms with Crippen LogP contribution in [-0.2, 0) is 6.42 Å². The maximum Gasteiger partial charge on any atom is 0.328 e. The van der Waals surface area contributed by atoms with Crippen molar-refractivity contribution in [3.8, 4) is 0 Å². The first-order valence-electron chi connectivity index (χ1n) is 9.77. The first-order valence-corrected chi connectivity index (χ1v) is 9.77. The molecule has 2 aromatic carbocycles. The minimum absolute atomic E-state index is 0.0487. The molecule has 3 heteroatoms. The molecule has 0 aromatic heterocycles.